The van der Waals surface area contributed by atoms with Gasteiger partial charge < -0.3 is 28.9 Å². The molecule has 0 spiro atoms. The lowest BCUT2D eigenvalue weighted by Gasteiger charge is -2.33. The molecule has 0 saturated carbocycles. The number of benzene rings is 1. The van der Waals surface area contributed by atoms with Crippen molar-refractivity contribution in [1.82, 2.24) is 24.6 Å². The first kappa shape index (κ1) is 30.5. The van der Waals surface area contributed by atoms with Gasteiger partial charge in [-0.1, -0.05) is 18.2 Å². The third-order valence-electron chi connectivity index (χ3n) is 6.18. The Morgan fingerprint density at radius 1 is 1.38 bits per heavy atom. The summed E-state index contributed by atoms with van der Waals surface area (Å²) in [6.45, 7) is 1.14. The molecule has 3 aromatic rings. The van der Waals surface area contributed by atoms with Crippen LogP contribution in [-0.2, 0) is 30.6 Å². The number of rotatable bonds is 12. The van der Waals surface area contributed by atoms with Crippen molar-refractivity contribution in [2.45, 2.75) is 50.9 Å². The number of hydrogen-bond donors (Lipinski definition) is 3. The number of hydrogen-bond acceptors (Lipinski definition) is 11. The Morgan fingerprint density at radius 2 is 2.10 bits per heavy atom. The number of para-hydroxylation sites is 1. The standard InChI is InChI=1S/C24H31ClFN6O6PS/c1-5-35-23(34)14(2)31-39(40,38-16-9-7-6-8-10-16)36-12-24(11-25)19(33)17(26)22(37-24)32-13-28-18-20(27-4)29-15(3)30-21(18)32/h6-10,13-14,17,19,22,33H,5,11-12H2,1-4H3,(H,31,40)(H,27,29,30)/t14-,17-,19-,22+,24+,39+/m0/s1. The molecule has 16 heteroatoms. The number of carbonyl (C=O) groups excluding carboxylic acids is 1. The highest BCUT2D eigenvalue weighted by atomic mass is 35.5. The number of aliphatic hydroxyl groups is 1. The molecule has 3 heterocycles. The minimum atomic E-state index is -3.50. The molecule has 1 fully saturated rings. The third-order valence-corrected chi connectivity index (χ3v) is 9.11. The lowest BCUT2D eigenvalue weighted by molar-refractivity contribution is -0.144. The van der Waals surface area contributed by atoms with E-state index in [0.717, 1.165) is 0 Å². The van der Waals surface area contributed by atoms with Crippen LogP contribution in [0.15, 0.2) is 36.7 Å². The zero-order valence-electron chi connectivity index (χ0n) is 22.3. The van der Waals surface area contributed by atoms with E-state index in [1.54, 1.807) is 58.2 Å². The summed E-state index contributed by atoms with van der Waals surface area (Å²) in [6.07, 6.45) is -3.60. The number of anilines is 1. The van der Waals surface area contributed by atoms with Crippen molar-refractivity contribution in [3.8, 4) is 5.75 Å². The van der Waals surface area contributed by atoms with Crippen LogP contribution in [0.2, 0.25) is 0 Å². The fraction of sp³-hybridized carbons (Fsp3) is 0.500. The molecule has 4 rings (SSSR count). The Balaban J connectivity index is 1.61. The smallest absolute Gasteiger partial charge is 0.323 e. The number of nitrogens with one attached hydrogen (secondary N) is 2. The largest absolute Gasteiger partial charge is 0.465 e. The van der Waals surface area contributed by atoms with Gasteiger partial charge in [-0.25, -0.2) is 24.4 Å². The number of aryl methyl sites for hydroxylation is 1. The Labute approximate surface area is 240 Å². The second-order valence-corrected chi connectivity index (χ2v) is 12.5. The molecule has 0 aliphatic carbocycles. The summed E-state index contributed by atoms with van der Waals surface area (Å²) < 4.78 is 40.2. The number of nitrogens with zero attached hydrogens (tertiary/aromatic N) is 4. The lowest BCUT2D eigenvalue weighted by atomic mass is 9.99. The second-order valence-electron chi connectivity index (χ2n) is 9.07. The van der Waals surface area contributed by atoms with Crippen molar-refractivity contribution >= 4 is 53.0 Å². The molecule has 1 aliphatic heterocycles. The maximum atomic E-state index is 15.7. The van der Waals surface area contributed by atoms with Crippen LogP contribution in [0.3, 0.4) is 0 Å². The van der Waals surface area contributed by atoms with E-state index < -0.39 is 49.4 Å². The van der Waals surface area contributed by atoms with E-state index in [0.29, 0.717) is 28.6 Å². The number of esters is 1. The molecule has 0 unspecified atom stereocenters. The van der Waals surface area contributed by atoms with Gasteiger partial charge in [-0.2, -0.15) is 0 Å². The zero-order valence-corrected chi connectivity index (χ0v) is 24.8. The van der Waals surface area contributed by atoms with Gasteiger partial charge in [-0.3, -0.25) is 9.36 Å². The Kier molecular flexibility index (Phi) is 9.61. The van der Waals surface area contributed by atoms with Gasteiger partial charge in [0.05, 0.1) is 25.4 Å². The van der Waals surface area contributed by atoms with Crippen LogP contribution in [0.25, 0.3) is 11.2 Å². The number of fused-ring (bicyclic) bond motifs is 1. The first-order chi connectivity index (χ1) is 19.1. The fourth-order valence-electron chi connectivity index (χ4n) is 4.15. The minimum absolute atomic E-state index is 0.173. The molecule has 1 saturated heterocycles. The monoisotopic (exact) mass is 616 g/mol. The summed E-state index contributed by atoms with van der Waals surface area (Å²) in [6, 6.07) is 7.73. The average molecular weight is 617 g/mol. The molecule has 12 nitrogen and oxygen atoms in total. The van der Waals surface area contributed by atoms with Gasteiger partial charge in [0.15, 0.2) is 29.4 Å². The number of aliphatic hydroxyl groups excluding tert-OH is 1. The number of imidazole rings is 1. The molecule has 218 valence electrons. The Hall–Kier alpha value is -2.45. The maximum Gasteiger partial charge on any atom is 0.323 e. The summed E-state index contributed by atoms with van der Waals surface area (Å²) >= 11 is 12.0. The van der Waals surface area contributed by atoms with Gasteiger partial charge in [-0.05, 0) is 44.7 Å². The summed E-state index contributed by atoms with van der Waals surface area (Å²) in [5.41, 5.74) is -1.01. The van der Waals surface area contributed by atoms with E-state index in [9.17, 15) is 9.90 Å². The number of carbonyl (C=O) groups is 1. The molecule has 0 radical (unpaired) electrons. The SMILES string of the molecule is CCOC(=O)[C@H](C)N[P@@](=S)(OC[C@@]1(CCl)O[C@@H](n2cnc3c(NC)nc(C)nc32)[C@@H](F)[C@@H]1O)Oc1ccccc1. The van der Waals surface area contributed by atoms with Crippen molar-refractivity contribution in [2.24, 2.45) is 0 Å². The number of alkyl halides is 2. The number of aromatic nitrogens is 4. The van der Waals surface area contributed by atoms with Crippen LogP contribution in [0.4, 0.5) is 10.2 Å². The van der Waals surface area contributed by atoms with Gasteiger partial charge in [0, 0.05) is 7.05 Å². The van der Waals surface area contributed by atoms with Crippen LogP contribution in [-0.4, -0.2) is 80.7 Å². The van der Waals surface area contributed by atoms with Gasteiger partial charge in [0.2, 0.25) is 0 Å². The normalized spacial score (nSPS) is 24.9. The number of halogens is 2. The van der Waals surface area contributed by atoms with Crippen LogP contribution in [0, 0.1) is 6.92 Å². The highest BCUT2D eigenvalue weighted by molar-refractivity contribution is 8.09. The van der Waals surface area contributed by atoms with E-state index in [1.165, 1.54) is 10.9 Å². The first-order valence-electron chi connectivity index (χ1n) is 12.4. The van der Waals surface area contributed by atoms with Crippen molar-refractivity contribution in [1.29, 1.82) is 0 Å². The first-order valence-corrected chi connectivity index (χ1v) is 15.6. The Bertz CT molecular complexity index is 1390. The van der Waals surface area contributed by atoms with E-state index in [1.807, 2.05) is 0 Å². The molecule has 3 N–H and O–H groups in total. The zero-order chi connectivity index (χ0) is 29.1. The van der Waals surface area contributed by atoms with Crippen molar-refractivity contribution in [2.75, 3.05) is 31.5 Å². The van der Waals surface area contributed by atoms with Crippen LogP contribution in [0.1, 0.15) is 25.9 Å². The summed E-state index contributed by atoms with van der Waals surface area (Å²) in [5, 5.41) is 16.9. The molecule has 40 heavy (non-hydrogen) atoms. The molecule has 0 bridgehead atoms. The molecule has 1 aliphatic rings. The summed E-state index contributed by atoms with van der Waals surface area (Å²) in [5.74, 6) is 0.364. The van der Waals surface area contributed by atoms with Crippen LogP contribution >= 0.6 is 18.2 Å². The summed E-state index contributed by atoms with van der Waals surface area (Å²) in [7, 11) is 1.68. The van der Waals surface area contributed by atoms with E-state index in [-0.39, 0.29) is 12.5 Å². The molecular formula is C24H31ClFN6O6PS. The van der Waals surface area contributed by atoms with Gasteiger partial charge in [0.1, 0.15) is 29.3 Å². The molecular weight excluding hydrogens is 586 g/mol. The molecule has 6 atom stereocenters. The fourth-order valence-corrected chi connectivity index (χ4v) is 6.88. The summed E-state index contributed by atoms with van der Waals surface area (Å²) in [4.78, 5) is 25.3. The van der Waals surface area contributed by atoms with Crippen LogP contribution < -0.4 is 14.9 Å². The highest BCUT2D eigenvalue weighted by Crippen LogP contribution is 2.49. The molecule has 1 aromatic carbocycles. The lowest BCUT2D eigenvalue weighted by Crippen LogP contribution is -2.48. The molecule has 2 aromatic heterocycles. The predicted octanol–water partition coefficient (Wildman–Crippen LogP) is 3.24. The highest BCUT2D eigenvalue weighted by Gasteiger charge is 2.57. The van der Waals surface area contributed by atoms with Crippen molar-refractivity contribution in [3.05, 3.63) is 42.5 Å². The topological polar surface area (TPSA) is 142 Å². The van der Waals surface area contributed by atoms with Crippen molar-refractivity contribution in [3.63, 3.8) is 0 Å². The number of ether oxygens (including phenoxy) is 2. The average Bonchev–Trinajstić information content (AvgIpc) is 3.46. The Morgan fingerprint density at radius 3 is 2.75 bits per heavy atom. The van der Waals surface area contributed by atoms with E-state index in [2.05, 4.69) is 25.4 Å². The van der Waals surface area contributed by atoms with Crippen molar-refractivity contribution < 1.29 is 32.8 Å². The van der Waals surface area contributed by atoms with Gasteiger partial charge in [-0.15, -0.1) is 11.6 Å². The van der Waals surface area contributed by atoms with E-state index in [4.69, 9.17) is 41.9 Å². The molecule has 0 amide bonds. The van der Waals surface area contributed by atoms with E-state index >= 15 is 4.39 Å². The van der Waals surface area contributed by atoms with Gasteiger partial charge >= 0.3 is 12.6 Å². The van der Waals surface area contributed by atoms with Crippen LogP contribution in [0.5, 0.6) is 5.75 Å². The quantitative estimate of drug-likeness (QED) is 0.156. The predicted molar refractivity (Wildman–Crippen MR) is 151 cm³/mol. The third kappa shape index (κ3) is 6.23. The maximum absolute atomic E-state index is 15.7. The second kappa shape index (κ2) is 12.6. The van der Waals surface area contributed by atoms with Gasteiger partial charge in [0.25, 0.3) is 0 Å². The minimum Gasteiger partial charge on any atom is -0.465 e.